The second-order valence-corrected chi connectivity index (χ2v) is 7.26. The van der Waals surface area contributed by atoms with Crippen molar-refractivity contribution >= 4 is 22.5 Å². The number of rotatable bonds is 4. The molecule has 28 heavy (non-hydrogen) atoms. The summed E-state index contributed by atoms with van der Waals surface area (Å²) in [5, 5.41) is 6.94. The third-order valence-electron chi connectivity index (χ3n) is 5.40. The Balaban J connectivity index is 1.47. The van der Waals surface area contributed by atoms with E-state index in [0.29, 0.717) is 6.04 Å². The Bertz CT molecular complexity index is 949. The molecule has 2 fully saturated rings. The van der Waals surface area contributed by atoms with Crippen molar-refractivity contribution in [2.24, 2.45) is 0 Å². The van der Waals surface area contributed by atoms with Gasteiger partial charge in [-0.1, -0.05) is 12.1 Å². The lowest BCUT2D eigenvalue weighted by Gasteiger charge is -2.28. The molecule has 2 aliphatic rings. The van der Waals surface area contributed by atoms with Crippen molar-refractivity contribution in [3.05, 3.63) is 42.7 Å². The molecule has 3 aromatic rings. The number of aromatic nitrogens is 3. The van der Waals surface area contributed by atoms with E-state index in [4.69, 9.17) is 9.72 Å². The van der Waals surface area contributed by atoms with Crippen LogP contribution in [-0.2, 0) is 4.74 Å². The average Bonchev–Trinajstić information content (AvgIpc) is 3.27. The first-order valence-corrected chi connectivity index (χ1v) is 9.89. The van der Waals surface area contributed by atoms with Crippen LogP contribution in [0.4, 0.5) is 11.5 Å². The maximum absolute atomic E-state index is 5.45. The van der Waals surface area contributed by atoms with Crippen molar-refractivity contribution in [1.29, 1.82) is 0 Å². The van der Waals surface area contributed by atoms with Crippen LogP contribution in [-0.4, -0.2) is 60.4 Å². The number of hydrogen-bond donors (Lipinski definition) is 2. The van der Waals surface area contributed by atoms with E-state index in [0.717, 1.165) is 73.9 Å². The fourth-order valence-electron chi connectivity index (χ4n) is 3.86. The molecule has 1 aromatic carbocycles. The predicted octanol–water partition coefficient (Wildman–Crippen LogP) is 2.30. The molecule has 2 aliphatic heterocycles. The van der Waals surface area contributed by atoms with Gasteiger partial charge in [0.1, 0.15) is 5.52 Å². The summed E-state index contributed by atoms with van der Waals surface area (Å²) in [5.74, 6) is 0.812. The zero-order valence-corrected chi connectivity index (χ0v) is 15.8. The van der Waals surface area contributed by atoms with Crippen molar-refractivity contribution in [3.8, 4) is 11.3 Å². The summed E-state index contributed by atoms with van der Waals surface area (Å²) in [6.45, 7) is 5.43. The van der Waals surface area contributed by atoms with Crippen molar-refractivity contribution in [2.75, 3.05) is 49.6 Å². The number of nitrogens with zero attached hydrogens (tertiary/aromatic N) is 4. The van der Waals surface area contributed by atoms with Gasteiger partial charge in [-0.15, -0.1) is 0 Å². The van der Waals surface area contributed by atoms with Gasteiger partial charge in [0.05, 0.1) is 24.4 Å². The molecule has 2 saturated heterocycles. The molecule has 7 nitrogen and oxygen atoms in total. The first-order chi connectivity index (χ1) is 13.9. The maximum atomic E-state index is 5.45. The van der Waals surface area contributed by atoms with Crippen LogP contribution in [0.1, 0.15) is 6.42 Å². The molecule has 0 aliphatic carbocycles. The topological polar surface area (TPSA) is 75.2 Å². The second-order valence-electron chi connectivity index (χ2n) is 7.26. The van der Waals surface area contributed by atoms with Gasteiger partial charge >= 0.3 is 0 Å². The lowest BCUT2D eigenvalue weighted by atomic mass is 10.1. The Hall–Kier alpha value is -2.77. The highest BCUT2D eigenvalue weighted by Gasteiger charge is 2.18. The SMILES string of the molecule is c1cnc2c(N[C@@H]3CCNC3)nc(-c3ccc(N4CCOCC4)cc3)cc2n1. The number of anilines is 2. The first kappa shape index (κ1) is 17.3. The fourth-order valence-corrected chi connectivity index (χ4v) is 3.86. The van der Waals surface area contributed by atoms with Crippen LogP contribution in [0.2, 0.25) is 0 Å². The number of benzene rings is 1. The molecule has 0 bridgehead atoms. The smallest absolute Gasteiger partial charge is 0.155 e. The van der Waals surface area contributed by atoms with E-state index < -0.39 is 0 Å². The third-order valence-corrected chi connectivity index (χ3v) is 5.40. The van der Waals surface area contributed by atoms with E-state index >= 15 is 0 Å². The van der Waals surface area contributed by atoms with E-state index in [2.05, 4.69) is 49.8 Å². The van der Waals surface area contributed by atoms with Crippen LogP contribution in [0.25, 0.3) is 22.3 Å². The fraction of sp³-hybridized carbons (Fsp3) is 0.381. The second kappa shape index (κ2) is 7.69. The summed E-state index contributed by atoms with van der Waals surface area (Å²) in [6.07, 6.45) is 4.54. The highest BCUT2D eigenvalue weighted by Crippen LogP contribution is 2.28. The van der Waals surface area contributed by atoms with Gasteiger partial charge in [0.2, 0.25) is 0 Å². The van der Waals surface area contributed by atoms with Gasteiger partial charge in [0.25, 0.3) is 0 Å². The maximum Gasteiger partial charge on any atom is 0.155 e. The lowest BCUT2D eigenvalue weighted by Crippen LogP contribution is -2.36. The zero-order valence-electron chi connectivity index (χ0n) is 15.8. The molecular formula is C21H24N6O. The molecular weight excluding hydrogens is 352 g/mol. The van der Waals surface area contributed by atoms with Gasteiger partial charge in [0.15, 0.2) is 5.82 Å². The monoisotopic (exact) mass is 376 g/mol. The Morgan fingerprint density at radius 2 is 1.89 bits per heavy atom. The summed E-state index contributed by atoms with van der Waals surface area (Å²) < 4.78 is 5.45. The molecule has 2 aromatic heterocycles. The van der Waals surface area contributed by atoms with Crippen LogP contribution in [0.3, 0.4) is 0 Å². The van der Waals surface area contributed by atoms with Crippen LogP contribution in [0.5, 0.6) is 0 Å². The predicted molar refractivity (Wildman–Crippen MR) is 111 cm³/mol. The standard InChI is InChI=1S/C21H24N6O/c1-3-17(27-9-11-28-12-10-27)4-2-15(1)18-13-19-20(24-8-7-23-19)21(26-18)25-16-5-6-22-14-16/h1-4,7-8,13,16,22H,5-6,9-12,14H2,(H,25,26)/t16-/m1/s1. The molecule has 144 valence electrons. The van der Waals surface area contributed by atoms with Crippen LogP contribution in [0, 0.1) is 0 Å². The minimum atomic E-state index is 0.372. The molecule has 4 heterocycles. The number of nitrogens with one attached hydrogen (secondary N) is 2. The number of hydrogen-bond acceptors (Lipinski definition) is 7. The molecule has 0 amide bonds. The Morgan fingerprint density at radius 1 is 1.07 bits per heavy atom. The Labute approximate surface area is 164 Å². The van der Waals surface area contributed by atoms with Crippen molar-refractivity contribution < 1.29 is 4.74 Å². The molecule has 7 heteroatoms. The van der Waals surface area contributed by atoms with Crippen LogP contribution in [0.15, 0.2) is 42.7 Å². The van der Waals surface area contributed by atoms with Gasteiger partial charge in [-0.05, 0) is 31.2 Å². The number of morpholine rings is 1. The Kier molecular flexibility index (Phi) is 4.76. The van der Waals surface area contributed by atoms with Gasteiger partial charge in [-0.25, -0.2) is 9.97 Å². The summed E-state index contributed by atoms with van der Waals surface area (Å²) >= 11 is 0. The number of pyridine rings is 1. The van der Waals surface area contributed by atoms with Crippen molar-refractivity contribution in [2.45, 2.75) is 12.5 Å². The van der Waals surface area contributed by atoms with Crippen molar-refractivity contribution in [1.82, 2.24) is 20.3 Å². The van der Waals surface area contributed by atoms with Crippen LogP contribution >= 0.6 is 0 Å². The number of fused-ring (bicyclic) bond motifs is 1. The summed E-state index contributed by atoms with van der Waals surface area (Å²) in [5.41, 5.74) is 4.90. The molecule has 0 spiro atoms. The zero-order chi connectivity index (χ0) is 18.8. The molecule has 0 saturated carbocycles. The molecule has 5 rings (SSSR count). The van der Waals surface area contributed by atoms with Gasteiger partial charge in [-0.2, -0.15) is 0 Å². The van der Waals surface area contributed by atoms with Crippen molar-refractivity contribution in [3.63, 3.8) is 0 Å². The average molecular weight is 376 g/mol. The summed E-state index contributed by atoms with van der Waals surface area (Å²) in [6, 6.07) is 11.0. The van der Waals surface area contributed by atoms with E-state index in [1.165, 1.54) is 5.69 Å². The molecule has 1 atom stereocenters. The normalized spacial score (nSPS) is 19.9. The number of ether oxygens (including phenoxy) is 1. The first-order valence-electron chi connectivity index (χ1n) is 9.89. The van der Waals surface area contributed by atoms with Gasteiger partial charge in [0, 0.05) is 49.3 Å². The summed E-state index contributed by atoms with van der Waals surface area (Å²) in [7, 11) is 0. The van der Waals surface area contributed by atoms with Gasteiger partial charge < -0.3 is 20.3 Å². The van der Waals surface area contributed by atoms with Crippen LogP contribution < -0.4 is 15.5 Å². The lowest BCUT2D eigenvalue weighted by molar-refractivity contribution is 0.122. The highest BCUT2D eigenvalue weighted by molar-refractivity contribution is 5.88. The highest BCUT2D eigenvalue weighted by atomic mass is 16.5. The van der Waals surface area contributed by atoms with E-state index in [-0.39, 0.29) is 0 Å². The largest absolute Gasteiger partial charge is 0.378 e. The van der Waals surface area contributed by atoms with E-state index in [1.54, 1.807) is 12.4 Å². The molecule has 0 unspecified atom stereocenters. The van der Waals surface area contributed by atoms with E-state index in [9.17, 15) is 0 Å². The minimum absolute atomic E-state index is 0.372. The van der Waals surface area contributed by atoms with E-state index in [1.807, 2.05) is 6.07 Å². The minimum Gasteiger partial charge on any atom is -0.378 e. The molecule has 2 N–H and O–H groups in total. The van der Waals surface area contributed by atoms with Gasteiger partial charge in [-0.3, -0.25) is 4.98 Å². The molecule has 0 radical (unpaired) electrons. The Morgan fingerprint density at radius 3 is 2.68 bits per heavy atom. The quantitative estimate of drug-likeness (QED) is 0.724. The third kappa shape index (κ3) is 3.50. The summed E-state index contributed by atoms with van der Waals surface area (Å²) in [4.78, 5) is 16.3.